The fourth-order valence-electron chi connectivity index (χ4n) is 1.66. The number of likely N-dealkylation sites (N-methyl/N-ethyl adjacent to an activating group) is 1. The van der Waals surface area contributed by atoms with E-state index in [1.807, 2.05) is 0 Å². The van der Waals surface area contributed by atoms with E-state index in [1.165, 1.54) is 24.2 Å². The summed E-state index contributed by atoms with van der Waals surface area (Å²) in [5, 5.41) is 14.0. The number of hydrogen-bond acceptors (Lipinski definition) is 5. The maximum absolute atomic E-state index is 10.6. The number of aromatic nitrogens is 1. The lowest BCUT2D eigenvalue weighted by Crippen LogP contribution is -2.30. The Hall–Kier alpha value is -0.980. The molecule has 94 valence electrons. The van der Waals surface area contributed by atoms with Gasteiger partial charge in [0.25, 0.3) is 0 Å². The number of nitrogens with one attached hydrogen (secondary N) is 1. The number of hydrogen-bond donors (Lipinski definition) is 2. The molecule has 0 saturated heterocycles. The molecule has 2 N–H and O–H groups in total. The Morgan fingerprint density at radius 1 is 1.71 bits per heavy atom. The Bertz CT molecular complexity index is 390. The van der Waals surface area contributed by atoms with Crippen molar-refractivity contribution >= 4 is 17.3 Å². The average molecular weight is 255 g/mol. The highest BCUT2D eigenvalue weighted by molar-refractivity contribution is 7.11. The quantitative estimate of drug-likeness (QED) is 0.712. The zero-order valence-corrected chi connectivity index (χ0v) is 10.7. The molecular formula is C11H17N3O2S. The highest BCUT2D eigenvalue weighted by Crippen LogP contribution is 2.24. The van der Waals surface area contributed by atoms with Gasteiger partial charge < -0.3 is 15.3 Å². The van der Waals surface area contributed by atoms with Crippen LogP contribution in [0.5, 0.6) is 0 Å². The van der Waals surface area contributed by atoms with Crippen molar-refractivity contribution in [1.29, 1.82) is 0 Å². The van der Waals surface area contributed by atoms with E-state index in [2.05, 4.69) is 22.2 Å². The Balaban J connectivity index is 1.65. The first kappa shape index (κ1) is 12.5. The van der Waals surface area contributed by atoms with Crippen LogP contribution in [0, 0.1) is 0 Å². The van der Waals surface area contributed by atoms with Gasteiger partial charge in [0.15, 0.2) is 0 Å². The van der Waals surface area contributed by atoms with Gasteiger partial charge in [-0.15, -0.1) is 11.3 Å². The van der Waals surface area contributed by atoms with E-state index in [1.54, 1.807) is 5.38 Å². The summed E-state index contributed by atoms with van der Waals surface area (Å²) in [6.45, 7) is 2.58. The van der Waals surface area contributed by atoms with Gasteiger partial charge in [-0.3, -0.25) is 0 Å². The molecule has 1 aromatic heterocycles. The second-order valence-corrected chi connectivity index (χ2v) is 5.20. The number of rotatable bonds is 7. The van der Waals surface area contributed by atoms with Crippen molar-refractivity contribution in [3.63, 3.8) is 0 Å². The van der Waals surface area contributed by atoms with E-state index in [9.17, 15) is 4.79 Å². The zero-order chi connectivity index (χ0) is 12.3. The summed E-state index contributed by atoms with van der Waals surface area (Å²) >= 11 is 1.18. The van der Waals surface area contributed by atoms with Crippen molar-refractivity contribution in [3.8, 4) is 0 Å². The van der Waals surface area contributed by atoms with Crippen LogP contribution >= 0.6 is 11.3 Å². The summed E-state index contributed by atoms with van der Waals surface area (Å²) in [6, 6.07) is 0.787. The lowest BCUT2D eigenvalue weighted by molar-refractivity contribution is 0.0696. The van der Waals surface area contributed by atoms with Crippen molar-refractivity contribution in [2.75, 3.05) is 20.1 Å². The summed E-state index contributed by atoms with van der Waals surface area (Å²) < 4.78 is 0. The molecule has 0 aliphatic heterocycles. The van der Waals surface area contributed by atoms with Crippen LogP contribution in [0.1, 0.15) is 28.3 Å². The standard InChI is InChI=1S/C11H17N3O2S/c1-14(9-2-3-9)5-4-12-6-8-7-17-10(13-8)11(15)16/h7,9,12H,2-6H2,1H3,(H,15,16). The molecule has 0 amide bonds. The van der Waals surface area contributed by atoms with E-state index in [-0.39, 0.29) is 5.01 Å². The molecule has 0 spiro atoms. The minimum absolute atomic E-state index is 0.164. The molecule has 1 heterocycles. The van der Waals surface area contributed by atoms with Gasteiger partial charge in [-0.2, -0.15) is 0 Å². The maximum Gasteiger partial charge on any atom is 0.365 e. The van der Waals surface area contributed by atoms with Crippen molar-refractivity contribution in [2.45, 2.75) is 25.4 Å². The van der Waals surface area contributed by atoms with Crippen molar-refractivity contribution in [2.24, 2.45) is 0 Å². The topological polar surface area (TPSA) is 65.5 Å². The van der Waals surface area contributed by atoms with Crippen LogP contribution in [0.2, 0.25) is 0 Å². The molecular weight excluding hydrogens is 238 g/mol. The third-order valence-electron chi connectivity index (χ3n) is 2.85. The molecule has 0 atom stereocenters. The second-order valence-electron chi connectivity index (χ2n) is 4.34. The van der Waals surface area contributed by atoms with Gasteiger partial charge >= 0.3 is 5.97 Å². The van der Waals surface area contributed by atoms with E-state index >= 15 is 0 Å². The van der Waals surface area contributed by atoms with E-state index < -0.39 is 5.97 Å². The van der Waals surface area contributed by atoms with Gasteiger partial charge in [0.2, 0.25) is 5.01 Å². The van der Waals surface area contributed by atoms with Crippen molar-refractivity contribution in [1.82, 2.24) is 15.2 Å². The third-order valence-corrected chi connectivity index (χ3v) is 3.73. The molecule has 1 aliphatic rings. The number of carboxylic acid groups (broad SMARTS) is 1. The molecule has 17 heavy (non-hydrogen) atoms. The summed E-state index contributed by atoms with van der Waals surface area (Å²) in [7, 11) is 2.14. The number of carboxylic acids is 1. The van der Waals surface area contributed by atoms with Gasteiger partial charge in [0.1, 0.15) is 0 Å². The SMILES string of the molecule is CN(CCNCc1csc(C(=O)O)n1)C1CC1. The normalized spacial score (nSPS) is 15.4. The van der Waals surface area contributed by atoms with Gasteiger partial charge in [0, 0.05) is 31.1 Å². The monoisotopic (exact) mass is 255 g/mol. The summed E-state index contributed by atoms with van der Waals surface area (Å²) in [5.74, 6) is -0.949. The predicted molar refractivity (Wildman–Crippen MR) is 66.4 cm³/mol. The highest BCUT2D eigenvalue weighted by atomic mass is 32.1. The molecule has 0 radical (unpaired) electrons. The van der Waals surface area contributed by atoms with Crippen molar-refractivity contribution < 1.29 is 9.90 Å². The first-order valence-electron chi connectivity index (χ1n) is 5.75. The molecule has 1 aliphatic carbocycles. The van der Waals surface area contributed by atoms with E-state index in [4.69, 9.17) is 5.11 Å². The van der Waals surface area contributed by atoms with Gasteiger partial charge in [-0.1, -0.05) is 0 Å². The minimum Gasteiger partial charge on any atom is -0.476 e. The predicted octanol–water partition coefficient (Wildman–Crippen LogP) is 1.03. The molecule has 2 rings (SSSR count). The van der Waals surface area contributed by atoms with Crippen LogP contribution < -0.4 is 5.32 Å². The Labute approximate surface area is 104 Å². The van der Waals surface area contributed by atoms with Crippen LogP contribution in [-0.4, -0.2) is 47.1 Å². The molecule has 0 aromatic carbocycles. The molecule has 1 saturated carbocycles. The van der Waals surface area contributed by atoms with Crippen LogP contribution in [0.25, 0.3) is 0 Å². The molecule has 6 heteroatoms. The number of carbonyl (C=O) groups is 1. The smallest absolute Gasteiger partial charge is 0.365 e. The molecule has 1 aromatic rings. The summed E-state index contributed by atoms with van der Waals surface area (Å²) in [4.78, 5) is 17.0. The van der Waals surface area contributed by atoms with Crippen LogP contribution in [0.15, 0.2) is 5.38 Å². The lowest BCUT2D eigenvalue weighted by Gasteiger charge is -2.15. The summed E-state index contributed by atoms with van der Waals surface area (Å²) in [5.41, 5.74) is 0.807. The van der Waals surface area contributed by atoms with E-state index in [0.717, 1.165) is 24.8 Å². The third kappa shape index (κ3) is 3.76. The number of aromatic carboxylic acids is 1. The Morgan fingerprint density at radius 3 is 3.06 bits per heavy atom. The average Bonchev–Trinajstić information content (AvgIpc) is 3.03. The Kier molecular flexibility index (Phi) is 4.09. The van der Waals surface area contributed by atoms with Crippen LogP contribution in [0.3, 0.4) is 0 Å². The van der Waals surface area contributed by atoms with Crippen LogP contribution in [-0.2, 0) is 6.54 Å². The fourth-order valence-corrected chi connectivity index (χ4v) is 2.31. The zero-order valence-electron chi connectivity index (χ0n) is 9.85. The maximum atomic E-state index is 10.6. The molecule has 1 fully saturated rings. The molecule has 0 bridgehead atoms. The van der Waals surface area contributed by atoms with Gasteiger partial charge in [-0.25, -0.2) is 9.78 Å². The second kappa shape index (κ2) is 5.57. The molecule has 0 unspecified atom stereocenters. The summed E-state index contributed by atoms with van der Waals surface area (Å²) in [6.07, 6.45) is 2.65. The fraction of sp³-hybridized carbons (Fsp3) is 0.636. The van der Waals surface area contributed by atoms with Gasteiger partial charge in [-0.05, 0) is 19.9 Å². The lowest BCUT2D eigenvalue weighted by atomic mass is 10.4. The van der Waals surface area contributed by atoms with E-state index in [0.29, 0.717) is 6.54 Å². The number of thiazole rings is 1. The van der Waals surface area contributed by atoms with Crippen molar-refractivity contribution in [3.05, 3.63) is 16.1 Å². The minimum atomic E-state index is -0.949. The largest absolute Gasteiger partial charge is 0.476 e. The van der Waals surface area contributed by atoms with Crippen LogP contribution in [0.4, 0.5) is 0 Å². The Morgan fingerprint density at radius 2 is 2.47 bits per heavy atom. The van der Waals surface area contributed by atoms with Gasteiger partial charge in [0.05, 0.1) is 5.69 Å². The first-order chi connectivity index (χ1) is 8.16. The highest BCUT2D eigenvalue weighted by Gasteiger charge is 2.25. The molecule has 5 nitrogen and oxygen atoms in total. The first-order valence-corrected chi connectivity index (χ1v) is 6.63. The number of nitrogens with zero attached hydrogens (tertiary/aromatic N) is 2.